The number of amides is 1. The Morgan fingerprint density at radius 1 is 1.14 bits per heavy atom. The first kappa shape index (κ1) is 14.8. The Balaban J connectivity index is 1.82. The van der Waals surface area contributed by atoms with Crippen molar-refractivity contribution < 1.29 is 4.79 Å². The highest BCUT2D eigenvalue weighted by molar-refractivity contribution is 6.34. The zero-order chi connectivity index (χ0) is 14.7. The van der Waals surface area contributed by atoms with E-state index in [9.17, 15) is 4.79 Å². The standard InChI is InChI=1S/C16H22ClN3O/c17-14-5-3-4-13(12-19-10-6-18-7-11-19)15(14)16(21)20-8-1-2-9-20/h3-5,18H,1-2,6-12H2. The van der Waals surface area contributed by atoms with E-state index in [-0.39, 0.29) is 5.91 Å². The Bertz CT molecular complexity index is 508. The molecule has 0 bridgehead atoms. The van der Waals surface area contributed by atoms with Crippen LogP contribution in [-0.4, -0.2) is 55.0 Å². The van der Waals surface area contributed by atoms with Gasteiger partial charge in [0.15, 0.2) is 0 Å². The average molecular weight is 308 g/mol. The number of halogens is 1. The Hall–Kier alpha value is -1.10. The SMILES string of the molecule is O=C(c1c(Cl)cccc1CN1CCNCC1)N1CCCC1. The highest BCUT2D eigenvalue weighted by Crippen LogP contribution is 2.25. The lowest BCUT2D eigenvalue weighted by Crippen LogP contribution is -2.43. The van der Waals surface area contributed by atoms with Crippen molar-refractivity contribution in [3.8, 4) is 0 Å². The van der Waals surface area contributed by atoms with Gasteiger partial charge in [0.1, 0.15) is 0 Å². The van der Waals surface area contributed by atoms with E-state index in [0.29, 0.717) is 10.6 Å². The van der Waals surface area contributed by atoms with E-state index in [0.717, 1.165) is 64.2 Å². The molecule has 0 atom stereocenters. The second-order valence-corrected chi connectivity index (χ2v) is 6.21. The summed E-state index contributed by atoms with van der Waals surface area (Å²) in [5, 5.41) is 3.93. The van der Waals surface area contributed by atoms with Crippen LogP contribution >= 0.6 is 11.6 Å². The van der Waals surface area contributed by atoms with E-state index in [1.165, 1.54) is 0 Å². The summed E-state index contributed by atoms with van der Waals surface area (Å²) in [5.41, 5.74) is 1.76. The second-order valence-electron chi connectivity index (χ2n) is 5.80. The normalized spacial score (nSPS) is 20.0. The molecule has 114 valence electrons. The van der Waals surface area contributed by atoms with Crippen LogP contribution in [0.5, 0.6) is 0 Å². The number of nitrogens with zero attached hydrogens (tertiary/aromatic N) is 2. The van der Waals surface area contributed by atoms with Gasteiger partial charge in [-0.2, -0.15) is 0 Å². The molecule has 0 aromatic heterocycles. The molecule has 1 aromatic carbocycles. The van der Waals surface area contributed by atoms with Crippen LogP contribution < -0.4 is 5.32 Å². The number of nitrogens with one attached hydrogen (secondary N) is 1. The smallest absolute Gasteiger partial charge is 0.255 e. The molecular weight excluding hydrogens is 286 g/mol. The van der Waals surface area contributed by atoms with Gasteiger partial charge in [-0.25, -0.2) is 0 Å². The van der Waals surface area contributed by atoms with Crippen LogP contribution in [0.3, 0.4) is 0 Å². The van der Waals surface area contributed by atoms with Gasteiger partial charge in [-0.05, 0) is 24.5 Å². The number of hydrogen-bond donors (Lipinski definition) is 1. The molecule has 1 N–H and O–H groups in total. The molecule has 1 amide bonds. The zero-order valence-electron chi connectivity index (χ0n) is 12.3. The molecule has 2 aliphatic rings. The van der Waals surface area contributed by atoms with Crippen molar-refractivity contribution >= 4 is 17.5 Å². The molecule has 0 radical (unpaired) electrons. The molecule has 2 fully saturated rings. The van der Waals surface area contributed by atoms with Gasteiger partial charge in [0.2, 0.25) is 0 Å². The van der Waals surface area contributed by atoms with Crippen molar-refractivity contribution in [2.75, 3.05) is 39.3 Å². The van der Waals surface area contributed by atoms with Gasteiger partial charge < -0.3 is 10.2 Å². The molecule has 1 aromatic rings. The van der Waals surface area contributed by atoms with Crippen LogP contribution in [0.4, 0.5) is 0 Å². The van der Waals surface area contributed by atoms with E-state index >= 15 is 0 Å². The van der Waals surface area contributed by atoms with Gasteiger partial charge in [-0.15, -0.1) is 0 Å². The quantitative estimate of drug-likeness (QED) is 0.927. The number of hydrogen-bond acceptors (Lipinski definition) is 3. The van der Waals surface area contributed by atoms with Crippen LogP contribution in [0, 0.1) is 0 Å². The van der Waals surface area contributed by atoms with Gasteiger partial charge in [0.05, 0.1) is 10.6 Å². The highest BCUT2D eigenvalue weighted by Gasteiger charge is 2.24. The minimum absolute atomic E-state index is 0.100. The van der Waals surface area contributed by atoms with Gasteiger partial charge in [0, 0.05) is 45.8 Å². The van der Waals surface area contributed by atoms with Gasteiger partial charge >= 0.3 is 0 Å². The lowest BCUT2D eigenvalue weighted by atomic mass is 10.1. The maximum atomic E-state index is 12.7. The number of benzene rings is 1. The lowest BCUT2D eigenvalue weighted by Gasteiger charge is -2.28. The molecule has 5 heteroatoms. The summed E-state index contributed by atoms with van der Waals surface area (Å²) in [5.74, 6) is 0.100. The fourth-order valence-corrected chi connectivity index (χ4v) is 3.40. The van der Waals surface area contributed by atoms with E-state index in [2.05, 4.69) is 10.2 Å². The number of rotatable bonds is 3. The first-order chi connectivity index (χ1) is 10.3. The van der Waals surface area contributed by atoms with Crippen LogP contribution in [0.15, 0.2) is 18.2 Å². The van der Waals surface area contributed by atoms with Crippen LogP contribution in [0.1, 0.15) is 28.8 Å². The molecule has 0 saturated carbocycles. The molecule has 0 unspecified atom stereocenters. The van der Waals surface area contributed by atoms with Crippen molar-refractivity contribution in [1.82, 2.24) is 15.1 Å². The van der Waals surface area contributed by atoms with Crippen molar-refractivity contribution in [1.29, 1.82) is 0 Å². The summed E-state index contributed by atoms with van der Waals surface area (Å²) >= 11 is 6.34. The Morgan fingerprint density at radius 2 is 1.86 bits per heavy atom. The van der Waals surface area contributed by atoms with E-state index < -0.39 is 0 Å². The second kappa shape index (κ2) is 6.77. The number of likely N-dealkylation sites (tertiary alicyclic amines) is 1. The molecule has 0 spiro atoms. The minimum Gasteiger partial charge on any atom is -0.339 e. The third kappa shape index (κ3) is 3.39. The van der Waals surface area contributed by atoms with Crippen LogP contribution in [0.2, 0.25) is 5.02 Å². The predicted octanol–water partition coefficient (Wildman–Crippen LogP) is 1.98. The summed E-state index contributed by atoms with van der Waals surface area (Å²) in [6.45, 7) is 6.57. The highest BCUT2D eigenvalue weighted by atomic mass is 35.5. The molecule has 2 aliphatic heterocycles. The first-order valence-electron chi connectivity index (χ1n) is 7.75. The molecule has 21 heavy (non-hydrogen) atoms. The van der Waals surface area contributed by atoms with Crippen molar-refractivity contribution in [2.45, 2.75) is 19.4 Å². The molecule has 3 rings (SSSR count). The molecule has 4 nitrogen and oxygen atoms in total. The van der Waals surface area contributed by atoms with E-state index in [4.69, 9.17) is 11.6 Å². The lowest BCUT2D eigenvalue weighted by molar-refractivity contribution is 0.0790. The fraction of sp³-hybridized carbons (Fsp3) is 0.562. The number of piperazine rings is 1. The maximum absolute atomic E-state index is 12.7. The van der Waals surface area contributed by atoms with E-state index in [1.807, 2.05) is 23.1 Å². The Morgan fingerprint density at radius 3 is 2.57 bits per heavy atom. The molecule has 2 saturated heterocycles. The average Bonchev–Trinajstić information content (AvgIpc) is 3.02. The van der Waals surface area contributed by atoms with Crippen LogP contribution in [0.25, 0.3) is 0 Å². The van der Waals surface area contributed by atoms with Crippen molar-refractivity contribution in [2.24, 2.45) is 0 Å². The first-order valence-corrected chi connectivity index (χ1v) is 8.13. The van der Waals surface area contributed by atoms with Crippen molar-refractivity contribution in [3.05, 3.63) is 34.3 Å². The fourth-order valence-electron chi connectivity index (χ4n) is 3.13. The van der Waals surface area contributed by atoms with Gasteiger partial charge in [-0.3, -0.25) is 9.69 Å². The number of carbonyl (C=O) groups excluding carboxylic acids is 1. The Kier molecular flexibility index (Phi) is 4.78. The summed E-state index contributed by atoms with van der Waals surface area (Å²) in [6.07, 6.45) is 2.20. The zero-order valence-corrected chi connectivity index (χ0v) is 13.0. The van der Waals surface area contributed by atoms with Crippen LogP contribution in [-0.2, 0) is 6.54 Å². The summed E-state index contributed by atoms with van der Waals surface area (Å²) < 4.78 is 0. The monoisotopic (exact) mass is 307 g/mol. The summed E-state index contributed by atoms with van der Waals surface area (Å²) in [4.78, 5) is 17.1. The third-order valence-corrected chi connectivity index (χ3v) is 4.63. The molecule has 2 heterocycles. The number of carbonyl (C=O) groups is 1. The molecular formula is C16H22ClN3O. The predicted molar refractivity (Wildman–Crippen MR) is 84.7 cm³/mol. The third-order valence-electron chi connectivity index (χ3n) is 4.31. The Labute approximate surface area is 131 Å². The topological polar surface area (TPSA) is 35.6 Å². The largest absolute Gasteiger partial charge is 0.339 e. The van der Waals surface area contributed by atoms with Crippen molar-refractivity contribution in [3.63, 3.8) is 0 Å². The minimum atomic E-state index is 0.100. The summed E-state index contributed by atoms with van der Waals surface area (Å²) in [7, 11) is 0. The van der Waals surface area contributed by atoms with E-state index in [1.54, 1.807) is 0 Å². The van der Waals surface area contributed by atoms with Gasteiger partial charge in [-0.1, -0.05) is 23.7 Å². The van der Waals surface area contributed by atoms with Gasteiger partial charge in [0.25, 0.3) is 5.91 Å². The maximum Gasteiger partial charge on any atom is 0.255 e. The molecule has 0 aliphatic carbocycles. The summed E-state index contributed by atoms with van der Waals surface area (Å²) in [6, 6.07) is 5.81.